The van der Waals surface area contributed by atoms with Crippen molar-refractivity contribution in [2.45, 2.75) is 45.8 Å². The number of hydrogen-bond acceptors (Lipinski definition) is 6. The van der Waals surface area contributed by atoms with Crippen LogP contribution in [0.5, 0.6) is 0 Å². The second-order valence-electron chi connectivity index (χ2n) is 6.87. The SMILES string of the molecule is CCc1sc(-c2nnc(CN3Cc4ccccc4CC3C(N)=O)o2)cc1C. The van der Waals surface area contributed by atoms with E-state index in [0.29, 0.717) is 31.3 Å². The topological polar surface area (TPSA) is 85.3 Å². The first-order chi connectivity index (χ1) is 13.0. The molecule has 0 saturated carbocycles. The first kappa shape index (κ1) is 17.9. The second kappa shape index (κ2) is 7.25. The number of fused-ring (bicyclic) bond motifs is 1. The molecule has 1 atom stereocenters. The Kier molecular flexibility index (Phi) is 4.80. The van der Waals surface area contributed by atoms with Gasteiger partial charge in [0.05, 0.1) is 17.5 Å². The molecule has 4 rings (SSSR count). The average molecular weight is 382 g/mol. The van der Waals surface area contributed by atoms with Gasteiger partial charge in [0.1, 0.15) is 0 Å². The third kappa shape index (κ3) is 3.52. The quantitative estimate of drug-likeness (QED) is 0.733. The highest BCUT2D eigenvalue weighted by atomic mass is 32.1. The molecule has 7 heteroatoms. The third-order valence-corrected chi connectivity index (χ3v) is 6.40. The van der Waals surface area contributed by atoms with Gasteiger partial charge in [0.15, 0.2) is 0 Å². The summed E-state index contributed by atoms with van der Waals surface area (Å²) in [5, 5.41) is 8.40. The van der Waals surface area contributed by atoms with E-state index in [1.54, 1.807) is 11.3 Å². The Morgan fingerprint density at radius 2 is 2.11 bits per heavy atom. The molecule has 0 bridgehead atoms. The van der Waals surface area contributed by atoms with Gasteiger partial charge in [0.25, 0.3) is 5.89 Å². The molecule has 27 heavy (non-hydrogen) atoms. The van der Waals surface area contributed by atoms with E-state index in [9.17, 15) is 4.79 Å². The minimum Gasteiger partial charge on any atom is -0.419 e. The van der Waals surface area contributed by atoms with Crippen LogP contribution in [0.15, 0.2) is 34.7 Å². The van der Waals surface area contributed by atoms with E-state index in [-0.39, 0.29) is 11.9 Å². The van der Waals surface area contributed by atoms with Crippen molar-refractivity contribution in [1.82, 2.24) is 15.1 Å². The van der Waals surface area contributed by atoms with Crippen molar-refractivity contribution in [2.24, 2.45) is 5.73 Å². The highest BCUT2D eigenvalue weighted by Crippen LogP contribution is 2.31. The standard InChI is InChI=1S/C20H22N4O2S/c1-3-16-12(2)8-17(27-16)20-23-22-18(26-20)11-24-10-14-7-5-4-6-13(14)9-15(24)19(21)25/h4-8,15H,3,9-11H2,1-2H3,(H2,21,25). The van der Waals surface area contributed by atoms with Crippen LogP contribution in [0.25, 0.3) is 10.8 Å². The minimum atomic E-state index is -0.370. The number of primary amides is 1. The average Bonchev–Trinajstić information content (AvgIpc) is 3.27. The predicted molar refractivity (Wildman–Crippen MR) is 104 cm³/mol. The summed E-state index contributed by atoms with van der Waals surface area (Å²) in [6.45, 7) is 5.28. The molecular formula is C20H22N4O2S. The summed E-state index contributed by atoms with van der Waals surface area (Å²) < 4.78 is 5.90. The Balaban J connectivity index is 1.56. The van der Waals surface area contributed by atoms with Gasteiger partial charge in [-0.3, -0.25) is 9.69 Å². The van der Waals surface area contributed by atoms with E-state index >= 15 is 0 Å². The van der Waals surface area contributed by atoms with Gasteiger partial charge >= 0.3 is 0 Å². The molecule has 3 heterocycles. The number of thiophene rings is 1. The van der Waals surface area contributed by atoms with Crippen LogP contribution in [0.2, 0.25) is 0 Å². The van der Waals surface area contributed by atoms with Crippen molar-refractivity contribution >= 4 is 17.2 Å². The number of rotatable bonds is 5. The highest BCUT2D eigenvalue weighted by Gasteiger charge is 2.31. The number of aromatic nitrogens is 2. The molecule has 0 spiro atoms. The van der Waals surface area contributed by atoms with Gasteiger partial charge in [0.2, 0.25) is 11.8 Å². The Morgan fingerprint density at radius 1 is 1.33 bits per heavy atom. The number of benzene rings is 1. The Morgan fingerprint density at radius 3 is 2.81 bits per heavy atom. The molecule has 0 fully saturated rings. The zero-order valence-electron chi connectivity index (χ0n) is 15.4. The summed E-state index contributed by atoms with van der Waals surface area (Å²) in [6.07, 6.45) is 1.60. The van der Waals surface area contributed by atoms with Crippen molar-refractivity contribution < 1.29 is 9.21 Å². The molecule has 2 N–H and O–H groups in total. The summed E-state index contributed by atoms with van der Waals surface area (Å²) in [5.41, 5.74) is 9.28. The molecule has 2 aromatic heterocycles. The molecule has 140 valence electrons. The molecule has 3 aromatic rings. The van der Waals surface area contributed by atoms with Gasteiger partial charge in [0, 0.05) is 11.4 Å². The van der Waals surface area contributed by atoms with Gasteiger partial charge in [-0.25, -0.2) is 0 Å². The van der Waals surface area contributed by atoms with Gasteiger partial charge in [-0.1, -0.05) is 31.2 Å². The third-order valence-electron chi connectivity index (χ3n) is 5.03. The van der Waals surface area contributed by atoms with Crippen LogP contribution in [-0.4, -0.2) is 27.0 Å². The molecule has 0 radical (unpaired) electrons. The van der Waals surface area contributed by atoms with Gasteiger partial charge < -0.3 is 10.2 Å². The molecule has 1 aliphatic rings. The first-order valence-electron chi connectivity index (χ1n) is 9.07. The van der Waals surface area contributed by atoms with E-state index in [4.69, 9.17) is 10.2 Å². The lowest BCUT2D eigenvalue weighted by molar-refractivity contribution is -0.124. The van der Waals surface area contributed by atoms with Gasteiger partial charge in [-0.15, -0.1) is 21.5 Å². The van der Waals surface area contributed by atoms with Crippen molar-refractivity contribution in [2.75, 3.05) is 0 Å². The summed E-state index contributed by atoms with van der Waals surface area (Å²) >= 11 is 1.68. The maximum absolute atomic E-state index is 12.0. The summed E-state index contributed by atoms with van der Waals surface area (Å²) in [6, 6.07) is 9.86. The smallest absolute Gasteiger partial charge is 0.257 e. The number of amides is 1. The number of hydrogen-bond donors (Lipinski definition) is 1. The van der Waals surface area contributed by atoms with Crippen molar-refractivity contribution in [3.8, 4) is 10.8 Å². The number of aryl methyl sites for hydroxylation is 2. The number of carbonyl (C=O) groups excluding carboxylic acids is 1. The lowest BCUT2D eigenvalue weighted by Crippen LogP contribution is -2.48. The van der Waals surface area contributed by atoms with Crippen LogP contribution < -0.4 is 5.73 Å². The van der Waals surface area contributed by atoms with E-state index in [1.807, 2.05) is 17.0 Å². The lowest BCUT2D eigenvalue weighted by Gasteiger charge is -2.33. The van der Waals surface area contributed by atoms with Crippen LogP contribution in [-0.2, 0) is 30.7 Å². The fraction of sp³-hybridized carbons (Fsp3) is 0.350. The van der Waals surface area contributed by atoms with Crippen LogP contribution >= 0.6 is 11.3 Å². The molecule has 1 unspecified atom stereocenters. The summed E-state index contributed by atoms with van der Waals surface area (Å²) in [5.74, 6) is 0.705. The summed E-state index contributed by atoms with van der Waals surface area (Å²) in [7, 11) is 0. The second-order valence-corrected chi connectivity index (χ2v) is 8.00. The van der Waals surface area contributed by atoms with E-state index in [0.717, 1.165) is 11.3 Å². The zero-order chi connectivity index (χ0) is 19.0. The number of carbonyl (C=O) groups is 1. The van der Waals surface area contributed by atoms with Gasteiger partial charge in [-0.2, -0.15) is 0 Å². The Labute approximate surface area is 162 Å². The Hall–Kier alpha value is -2.51. The predicted octanol–water partition coefficient (Wildman–Crippen LogP) is 3.08. The molecule has 6 nitrogen and oxygen atoms in total. The van der Waals surface area contributed by atoms with E-state index < -0.39 is 0 Å². The number of nitrogens with zero attached hydrogens (tertiary/aromatic N) is 3. The van der Waals surface area contributed by atoms with Crippen molar-refractivity contribution in [1.29, 1.82) is 0 Å². The van der Waals surface area contributed by atoms with Crippen LogP contribution in [0.1, 0.15) is 34.4 Å². The molecule has 1 amide bonds. The summed E-state index contributed by atoms with van der Waals surface area (Å²) in [4.78, 5) is 16.3. The minimum absolute atomic E-state index is 0.328. The fourth-order valence-electron chi connectivity index (χ4n) is 3.59. The number of nitrogens with two attached hydrogens (primary N) is 1. The van der Waals surface area contributed by atoms with Crippen LogP contribution in [0.3, 0.4) is 0 Å². The zero-order valence-corrected chi connectivity index (χ0v) is 16.3. The van der Waals surface area contributed by atoms with Crippen molar-refractivity contribution in [3.05, 3.63) is 57.8 Å². The maximum atomic E-state index is 12.0. The normalized spacial score (nSPS) is 17.0. The first-order valence-corrected chi connectivity index (χ1v) is 9.89. The molecule has 0 saturated heterocycles. The lowest BCUT2D eigenvalue weighted by atomic mass is 9.93. The molecule has 1 aliphatic heterocycles. The fourth-order valence-corrected chi connectivity index (χ4v) is 4.63. The monoisotopic (exact) mass is 382 g/mol. The van der Waals surface area contributed by atoms with E-state index in [2.05, 4.69) is 42.2 Å². The highest BCUT2D eigenvalue weighted by molar-refractivity contribution is 7.15. The van der Waals surface area contributed by atoms with E-state index in [1.165, 1.54) is 21.6 Å². The molecule has 0 aliphatic carbocycles. The van der Waals surface area contributed by atoms with Crippen LogP contribution in [0.4, 0.5) is 0 Å². The molecule has 1 aromatic carbocycles. The van der Waals surface area contributed by atoms with Crippen molar-refractivity contribution in [3.63, 3.8) is 0 Å². The maximum Gasteiger partial charge on any atom is 0.257 e. The largest absolute Gasteiger partial charge is 0.419 e. The molecular weight excluding hydrogens is 360 g/mol. The van der Waals surface area contributed by atoms with Crippen LogP contribution in [0, 0.1) is 6.92 Å². The Bertz CT molecular complexity index is 978. The van der Waals surface area contributed by atoms with Gasteiger partial charge in [-0.05, 0) is 42.5 Å².